The van der Waals surface area contributed by atoms with Gasteiger partial charge in [-0.1, -0.05) is 24.3 Å². The molecule has 4 N–H and O–H groups in total. The van der Waals surface area contributed by atoms with Gasteiger partial charge in [0.15, 0.2) is 5.65 Å². The fourth-order valence-electron chi connectivity index (χ4n) is 3.82. The Bertz CT molecular complexity index is 879. The number of rotatable bonds is 6. The molecule has 0 spiro atoms. The smallest absolute Gasteiger partial charge is 0.247 e. The second-order valence-corrected chi connectivity index (χ2v) is 7.09. The second-order valence-electron chi connectivity index (χ2n) is 7.09. The van der Waals surface area contributed by atoms with Crippen LogP contribution in [0.15, 0.2) is 48.5 Å². The van der Waals surface area contributed by atoms with Gasteiger partial charge in [0.05, 0.1) is 11.8 Å². The standard InChI is InChI=1S/C20H26N6O/c1-21-13-16-12-14(10-11-22-16)19(27)17-8-5-9-18-24-20(25-26(17)18)23-15-6-3-2-4-7-15/h2-9,14,16,19,21-22,27H,10-13H2,1H3,(H,23,25). The number of benzene rings is 1. The summed E-state index contributed by atoms with van der Waals surface area (Å²) in [6.45, 7) is 1.82. The van der Waals surface area contributed by atoms with E-state index in [1.165, 1.54) is 0 Å². The first-order valence-electron chi connectivity index (χ1n) is 9.48. The Labute approximate surface area is 158 Å². The molecule has 3 unspecified atom stereocenters. The summed E-state index contributed by atoms with van der Waals surface area (Å²) in [7, 11) is 1.96. The minimum Gasteiger partial charge on any atom is -0.387 e. The van der Waals surface area contributed by atoms with Gasteiger partial charge in [0, 0.05) is 18.3 Å². The van der Waals surface area contributed by atoms with Gasteiger partial charge in [0.2, 0.25) is 5.95 Å². The van der Waals surface area contributed by atoms with Crippen LogP contribution in [0.3, 0.4) is 0 Å². The highest BCUT2D eigenvalue weighted by atomic mass is 16.3. The monoisotopic (exact) mass is 366 g/mol. The molecule has 1 fully saturated rings. The van der Waals surface area contributed by atoms with Crippen molar-refractivity contribution in [1.82, 2.24) is 25.2 Å². The molecule has 2 aromatic heterocycles. The molecule has 3 heterocycles. The summed E-state index contributed by atoms with van der Waals surface area (Å²) in [6, 6.07) is 16.0. The molecule has 1 aliphatic heterocycles. The summed E-state index contributed by atoms with van der Waals surface area (Å²) in [5, 5.41) is 25.6. The second kappa shape index (κ2) is 8.04. The van der Waals surface area contributed by atoms with Gasteiger partial charge >= 0.3 is 0 Å². The molecular formula is C20H26N6O. The van der Waals surface area contributed by atoms with Crippen LogP contribution < -0.4 is 16.0 Å². The number of piperidine rings is 1. The number of hydrogen-bond donors (Lipinski definition) is 4. The van der Waals surface area contributed by atoms with Gasteiger partial charge in [-0.15, -0.1) is 5.10 Å². The average molecular weight is 366 g/mol. The molecule has 1 saturated heterocycles. The highest BCUT2D eigenvalue weighted by Crippen LogP contribution is 2.31. The maximum Gasteiger partial charge on any atom is 0.247 e. The Balaban J connectivity index is 1.58. The molecule has 4 rings (SSSR count). The summed E-state index contributed by atoms with van der Waals surface area (Å²) in [6.07, 6.45) is 1.31. The van der Waals surface area contributed by atoms with Crippen LogP contribution in [-0.4, -0.2) is 45.9 Å². The van der Waals surface area contributed by atoms with E-state index in [9.17, 15) is 5.11 Å². The lowest BCUT2D eigenvalue weighted by Crippen LogP contribution is -2.45. The predicted octanol–water partition coefficient (Wildman–Crippen LogP) is 2.09. The molecule has 3 atom stereocenters. The number of aliphatic hydroxyl groups excluding tert-OH is 1. The molecular weight excluding hydrogens is 340 g/mol. The first-order chi connectivity index (χ1) is 13.2. The topological polar surface area (TPSA) is 86.5 Å². The summed E-state index contributed by atoms with van der Waals surface area (Å²) in [4.78, 5) is 4.55. The minimum atomic E-state index is -0.568. The molecule has 0 radical (unpaired) electrons. The Morgan fingerprint density at radius 3 is 2.89 bits per heavy atom. The van der Waals surface area contributed by atoms with Crippen molar-refractivity contribution >= 4 is 17.3 Å². The number of anilines is 2. The Hall–Kier alpha value is -2.48. The first kappa shape index (κ1) is 17.9. The van der Waals surface area contributed by atoms with Crippen LogP contribution in [0.4, 0.5) is 11.6 Å². The Morgan fingerprint density at radius 2 is 2.07 bits per heavy atom. The molecule has 0 aliphatic carbocycles. The van der Waals surface area contributed by atoms with E-state index in [4.69, 9.17) is 0 Å². The molecule has 1 aliphatic rings. The largest absolute Gasteiger partial charge is 0.387 e. The molecule has 7 nitrogen and oxygen atoms in total. The van der Waals surface area contributed by atoms with E-state index in [1.54, 1.807) is 4.52 Å². The minimum absolute atomic E-state index is 0.199. The summed E-state index contributed by atoms with van der Waals surface area (Å²) >= 11 is 0. The zero-order chi connectivity index (χ0) is 18.6. The highest BCUT2D eigenvalue weighted by molar-refractivity contribution is 5.55. The highest BCUT2D eigenvalue weighted by Gasteiger charge is 2.29. The zero-order valence-electron chi connectivity index (χ0n) is 15.5. The van der Waals surface area contributed by atoms with Gasteiger partial charge in [-0.3, -0.25) is 0 Å². The lowest BCUT2D eigenvalue weighted by Gasteiger charge is -2.33. The van der Waals surface area contributed by atoms with E-state index >= 15 is 0 Å². The van der Waals surface area contributed by atoms with Crippen molar-refractivity contribution in [2.75, 3.05) is 25.5 Å². The van der Waals surface area contributed by atoms with Crippen molar-refractivity contribution in [2.24, 2.45) is 5.92 Å². The van der Waals surface area contributed by atoms with Gasteiger partial charge in [-0.25, -0.2) is 4.52 Å². The van der Waals surface area contributed by atoms with Crippen molar-refractivity contribution in [3.63, 3.8) is 0 Å². The van der Waals surface area contributed by atoms with Crippen LogP contribution >= 0.6 is 0 Å². The maximum absolute atomic E-state index is 11.1. The van der Waals surface area contributed by atoms with Crippen LogP contribution in [0.2, 0.25) is 0 Å². The number of likely N-dealkylation sites (N-methyl/N-ethyl adjacent to an activating group) is 1. The number of aromatic nitrogens is 3. The maximum atomic E-state index is 11.1. The van der Waals surface area contributed by atoms with Crippen molar-refractivity contribution in [3.05, 3.63) is 54.2 Å². The van der Waals surface area contributed by atoms with Crippen LogP contribution in [0.25, 0.3) is 5.65 Å². The van der Waals surface area contributed by atoms with Gasteiger partial charge in [0.25, 0.3) is 0 Å². The van der Waals surface area contributed by atoms with Crippen molar-refractivity contribution in [2.45, 2.75) is 25.0 Å². The molecule has 27 heavy (non-hydrogen) atoms. The number of nitrogens with one attached hydrogen (secondary N) is 3. The fourth-order valence-corrected chi connectivity index (χ4v) is 3.82. The molecule has 3 aromatic rings. The van der Waals surface area contributed by atoms with E-state index in [0.717, 1.165) is 43.0 Å². The molecule has 1 aromatic carbocycles. The van der Waals surface area contributed by atoms with Gasteiger partial charge in [-0.05, 0) is 56.6 Å². The first-order valence-corrected chi connectivity index (χ1v) is 9.48. The third-order valence-corrected chi connectivity index (χ3v) is 5.15. The van der Waals surface area contributed by atoms with Gasteiger partial charge in [-0.2, -0.15) is 4.98 Å². The lowest BCUT2D eigenvalue weighted by molar-refractivity contribution is 0.0725. The summed E-state index contributed by atoms with van der Waals surface area (Å²) < 4.78 is 1.76. The molecule has 0 amide bonds. The number of nitrogens with zero attached hydrogens (tertiary/aromatic N) is 3. The molecule has 142 valence electrons. The number of pyridine rings is 1. The number of fused-ring (bicyclic) bond motifs is 1. The lowest BCUT2D eigenvalue weighted by atomic mass is 9.86. The predicted molar refractivity (Wildman–Crippen MR) is 106 cm³/mol. The van der Waals surface area contributed by atoms with Crippen LogP contribution in [-0.2, 0) is 0 Å². The third kappa shape index (κ3) is 3.95. The van der Waals surface area contributed by atoms with Crippen molar-refractivity contribution < 1.29 is 5.11 Å². The van der Waals surface area contributed by atoms with Crippen LogP contribution in [0.1, 0.15) is 24.6 Å². The zero-order valence-corrected chi connectivity index (χ0v) is 15.5. The van der Waals surface area contributed by atoms with Crippen LogP contribution in [0, 0.1) is 5.92 Å². The number of aliphatic hydroxyl groups is 1. The quantitative estimate of drug-likeness (QED) is 0.534. The van der Waals surface area contributed by atoms with Crippen molar-refractivity contribution in [1.29, 1.82) is 0 Å². The average Bonchev–Trinajstić information content (AvgIpc) is 3.11. The van der Waals surface area contributed by atoms with Crippen LogP contribution in [0.5, 0.6) is 0 Å². The van der Waals surface area contributed by atoms with Gasteiger partial charge < -0.3 is 21.1 Å². The van der Waals surface area contributed by atoms with E-state index in [0.29, 0.717) is 12.0 Å². The number of hydrogen-bond acceptors (Lipinski definition) is 6. The van der Waals surface area contributed by atoms with E-state index < -0.39 is 6.10 Å². The molecule has 0 saturated carbocycles. The normalized spacial score (nSPS) is 21.3. The van der Waals surface area contributed by atoms with E-state index in [2.05, 4.69) is 26.0 Å². The van der Waals surface area contributed by atoms with Gasteiger partial charge in [0.1, 0.15) is 0 Å². The SMILES string of the molecule is CNCC1CC(C(O)c2cccc3nc(Nc4ccccc4)nn23)CCN1. The number of para-hydroxylation sites is 1. The Morgan fingerprint density at radius 1 is 1.22 bits per heavy atom. The molecule has 0 bridgehead atoms. The summed E-state index contributed by atoms with van der Waals surface area (Å²) in [5.74, 6) is 0.726. The third-order valence-electron chi connectivity index (χ3n) is 5.15. The van der Waals surface area contributed by atoms with E-state index in [1.807, 2.05) is 55.6 Å². The molecule has 7 heteroatoms. The Kier molecular flexibility index (Phi) is 5.33. The van der Waals surface area contributed by atoms with Crippen molar-refractivity contribution in [3.8, 4) is 0 Å². The van der Waals surface area contributed by atoms with E-state index in [-0.39, 0.29) is 5.92 Å². The summed E-state index contributed by atoms with van der Waals surface area (Å²) in [5.41, 5.74) is 2.45. The fraction of sp³-hybridized carbons (Fsp3) is 0.400.